The molecule has 35 heavy (non-hydrogen) atoms. The Hall–Kier alpha value is -3.39. The van der Waals surface area contributed by atoms with Crippen LogP contribution >= 0.6 is 0 Å². The predicted molar refractivity (Wildman–Crippen MR) is 126 cm³/mol. The number of hydrogen-bond donors (Lipinski definition) is 3. The van der Waals surface area contributed by atoms with Gasteiger partial charge in [0.05, 0.1) is 12.0 Å². The number of nitrogens with one attached hydrogen (secondary N) is 2. The number of alkyl carbamates (subject to hydrolysis) is 1. The molecule has 0 bridgehead atoms. The number of rotatable bonds is 6. The predicted octanol–water partition coefficient (Wildman–Crippen LogP) is 3.05. The maximum Gasteiger partial charge on any atom is 0.407 e. The monoisotopic (exact) mass is 476 g/mol. The van der Waals surface area contributed by atoms with Crippen LogP contribution in [0.4, 0.5) is 4.79 Å². The minimum Gasteiger partial charge on any atom is -0.479 e. The van der Waals surface area contributed by atoms with Crippen LogP contribution < -0.4 is 10.6 Å². The minimum atomic E-state index is -1.35. The summed E-state index contributed by atoms with van der Waals surface area (Å²) >= 11 is 0. The van der Waals surface area contributed by atoms with Crippen LogP contribution in [-0.2, 0) is 19.1 Å². The minimum absolute atomic E-state index is 0.0110. The van der Waals surface area contributed by atoms with Crippen molar-refractivity contribution in [1.29, 1.82) is 0 Å². The zero-order valence-corrected chi connectivity index (χ0v) is 19.3. The van der Waals surface area contributed by atoms with E-state index in [-0.39, 0.29) is 43.4 Å². The van der Waals surface area contributed by atoms with Crippen LogP contribution in [0, 0.1) is 11.3 Å². The number of benzene rings is 2. The molecule has 8 heteroatoms. The first kappa shape index (κ1) is 22.1. The lowest BCUT2D eigenvalue weighted by molar-refractivity contribution is -0.148. The van der Waals surface area contributed by atoms with Crippen LogP contribution in [0.2, 0.25) is 0 Å². The molecule has 1 aliphatic heterocycles. The molecule has 0 radical (unpaired) electrons. The zero-order valence-electron chi connectivity index (χ0n) is 19.3. The highest BCUT2D eigenvalue weighted by atomic mass is 16.5. The summed E-state index contributed by atoms with van der Waals surface area (Å²) in [5, 5.41) is 15.3. The molecule has 182 valence electrons. The van der Waals surface area contributed by atoms with E-state index in [4.69, 9.17) is 9.47 Å². The van der Waals surface area contributed by atoms with Gasteiger partial charge in [-0.25, -0.2) is 9.59 Å². The number of carboxylic acids is 1. The molecule has 0 aromatic heterocycles. The Balaban J connectivity index is 1.06. The molecular formula is C27H28N2O6. The second kappa shape index (κ2) is 8.09. The van der Waals surface area contributed by atoms with Gasteiger partial charge in [0.2, 0.25) is 5.91 Å². The third kappa shape index (κ3) is 3.58. The lowest BCUT2D eigenvalue weighted by Gasteiger charge is -2.26. The van der Waals surface area contributed by atoms with Gasteiger partial charge in [-0.2, -0.15) is 0 Å². The van der Waals surface area contributed by atoms with Crippen molar-refractivity contribution in [2.75, 3.05) is 19.8 Å². The summed E-state index contributed by atoms with van der Waals surface area (Å²) in [6.07, 6.45) is 1.67. The summed E-state index contributed by atoms with van der Waals surface area (Å²) in [6.45, 7) is 0.536. The van der Waals surface area contributed by atoms with Crippen molar-refractivity contribution in [3.63, 3.8) is 0 Å². The number of carboxylic acid groups (broad SMARTS) is 1. The molecule has 2 amide bonds. The van der Waals surface area contributed by atoms with Gasteiger partial charge in [-0.05, 0) is 47.4 Å². The van der Waals surface area contributed by atoms with E-state index in [1.807, 2.05) is 24.3 Å². The van der Waals surface area contributed by atoms with E-state index < -0.39 is 23.0 Å². The van der Waals surface area contributed by atoms with E-state index in [1.165, 1.54) is 11.1 Å². The SMILES string of the molecule is O=C(N[C@H]1C[C@@H]2C[C@]2(C(=O)NC2(C(=O)O)CCOC2)C1)OCC1c2ccccc2-c2ccccc21. The quantitative estimate of drug-likeness (QED) is 0.591. The Morgan fingerprint density at radius 3 is 2.34 bits per heavy atom. The molecule has 4 aliphatic rings. The van der Waals surface area contributed by atoms with Crippen molar-refractivity contribution in [1.82, 2.24) is 10.6 Å². The molecule has 2 aromatic carbocycles. The molecule has 1 unspecified atom stereocenters. The summed E-state index contributed by atoms with van der Waals surface area (Å²) in [7, 11) is 0. The second-order valence-corrected chi connectivity index (χ2v) is 10.3. The fourth-order valence-corrected chi connectivity index (χ4v) is 6.32. The van der Waals surface area contributed by atoms with E-state index in [0.29, 0.717) is 19.4 Å². The van der Waals surface area contributed by atoms with Crippen LogP contribution in [0.5, 0.6) is 0 Å². The number of carbonyl (C=O) groups excluding carboxylic acids is 2. The molecule has 3 N–H and O–H groups in total. The van der Waals surface area contributed by atoms with Crippen molar-refractivity contribution in [3.05, 3.63) is 59.7 Å². The molecule has 2 aromatic rings. The Labute approximate surface area is 203 Å². The van der Waals surface area contributed by atoms with Gasteiger partial charge < -0.3 is 25.2 Å². The maximum absolute atomic E-state index is 13.1. The van der Waals surface area contributed by atoms with Crippen LogP contribution in [0.15, 0.2) is 48.5 Å². The first-order valence-electron chi connectivity index (χ1n) is 12.2. The lowest BCUT2D eigenvalue weighted by atomic mass is 9.94. The van der Waals surface area contributed by atoms with Crippen LogP contribution in [0.1, 0.15) is 42.7 Å². The maximum atomic E-state index is 13.1. The molecule has 1 saturated heterocycles. The molecule has 4 atom stereocenters. The van der Waals surface area contributed by atoms with Gasteiger partial charge >= 0.3 is 12.1 Å². The van der Waals surface area contributed by atoms with Crippen molar-refractivity contribution >= 4 is 18.0 Å². The lowest BCUT2D eigenvalue weighted by Crippen LogP contribution is -2.57. The number of ether oxygens (including phenoxy) is 2. The zero-order chi connectivity index (χ0) is 24.2. The molecular weight excluding hydrogens is 448 g/mol. The average molecular weight is 477 g/mol. The topological polar surface area (TPSA) is 114 Å². The fourth-order valence-electron chi connectivity index (χ4n) is 6.32. The number of carbonyl (C=O) groups is 3. The van der Waals surface area contributed by atoms with Gasteiger partial charge in [0.1, 0.15) is 6.61 Å². The van der Waals surface area contributed by atoms with E-state index in [1.54, 1.807) is 0 Å². The van der Waals surface area contributed by atoms with Gasteiger partial charge in [-0.1, -0.05) is 48.5 Å². The third-order valence-corrected chi connectivity index (χ3v) is 8.31. The van der Waals surface area contributed by atoms with E-state index >= 15 is 0 Å². The average Bonchev–Trinajstić information content (AvgIpc) is 3.18. The van der Waals surface area contributed by atoms with Crippen molar-refractivity contribution < 1.29 is 29.0 Å². The number of aliphatic carboxylic acids is 1. The normalized spacial score (nSPS) is 30.2. The van der Waals surface area contributed by atoms with Gasteiger partial charge in [0, 0.05) is 25.0 Å². The van der Waals surface area contributed by atoms with Gasteiger partial charge in [-0.3, -0.25) is 4.79 Å². The molecule has 3 fully saturated rings. The molecule has 2 saturated carbocycles. The first-order valence-corrected chi connectivity index (χ1v) is 12.2. The molecule has 0 spiro atoms. The highest BCUT2D eigenvalue weighted by Crippen LogP contribution is 2.63. The molecule has 6 rings (SSSR count). The summed E-state index contributed by atoms with van der Waals surface area (Å²) in [4.78, 5) is 37.5. The number of fused-ring (bicyclic) bond motifs is 4. The Bertz CT molecular complexity index is 1160. The molecule has 3 aliphatic carbocycles. The summed E-state index contributed by atoms with van der Waals surface area (Å²) in [5.74, 6) is -1.17. The molecule has 8 nitrogen and oxygen atoms in total. The summed E-state index contributed by atoms with van der Waals surface area (Å²) in [5.41, 5.74) is 2.70. The molecule has 1 heterocycles. The summed E-state index contributed by atoms with van der Waals surface area (Å²) < 4.78 is 10.9. The van der Waals surface area contributed by atoms with Crippen LogP contribution in [0.25, 0.3) is 11.1 Å². The smallest absolute Gasteiger partial charge is 0.407 e. The second-order valence-electron chi connectivity index (χ2n) is 10.3. The largest absolute Gasteiger partial charge is 0.479 e. The van der Waals surface area contributed by atoms with E-state index in [2.05, 4.69) is 34.9 Å². The first-order chi connectivity index (χ1) is 16.9. The van der Waals surface area contributed by atoms with Crippen molar-refractivity contribution in [2.24, 2.45) is 11.3 Å². The standard InChI is InChI=1S/C27H28N2O6/c30-23(29-27(24(31)32)9-10-34-15-27)26-12-16(26)11-17(13-26)28-25(33)35-14-22-20-7-3-1-5-18(20)19-6-2-4-8-21(19)22/h1-8,16-17,22H,9-15H2,(H,28,33)(H,29,30)(H,31,32)/t16-,17+,26+,27?/m1/s1. The number of amides is 2. The van der Waals surface area contributed by atoms with Crippen molar-refractivity contribution in [3.8, 4) is 11.1 Å². The third-order valence-electron chi connectivity index (χ3n) is 8.31. The van der Waals surface area contributed by atoms with Crippen LogP contribution in [-0.4, -0.2) is 54.5 Å². The van der Waals surface area contributed by atoms with Gasteiger partial charge in [-0.15, -0.1) is 0 Å². The highest BCUT2D eigenvalue weighted by Gasteiger charge is 2.66. The highest BCUT2D eigenvalue weighted by molar-refractivity contribution is 5.92. The van der Waals surface area contributed by atoms with Gasteiger partial charge in [0.25, 0.3) is 0 Å². The van der Waals surface area contributed by atoms with E-state index in [0.717, 1.165) is 17.5 Å². The van der Waals surface area contributed by atoms with Gasteiger partial charge in [0.15, 0.2) is 5.54 Å². The summed E-state index contributed by atoms with van der Waals surface area (Å²) in [6, 6.07) is 16.2. The van der Waals surface area contributed by atoms with Crippen molar-refractivity contribution in [2.45, 2.75) is 43.2 Å². The Kier molecular flexibility index (Phi) is 5.11. The fraction of sp³-hybridized carbons (Fsp3) is 0.444. The Morgan fingerprint density at radius 2 is 1.71 bits per heavy atom. The van der Waals surface area contributed by atoms with E-state index in [9.17, 15) is 19.5 Å². The Morgan fingerprint density at radius 1 is 1.03 bits per heavy atom. The van der Waals surface area contributed by atoms with Crippen LogP contribution in [0.3, 0.4) is 0 Å². The number of hydrogen-bond acceptors (Lipinski definition) is 5.